The maximum atomic E-state index is 13.3. The van der Waals surface area contributed by atoms with Crippen LogP contribution in [0.4, 0.5) is 23.4 Å². The topological polar surface area (TPSA) is 88.3 Å². The maximum absolute atomic E-state index is 13.3. The third kappa shape index (κ3) is 3.28. The molecule has 1 heterocycles. The van der Waals surface area contributed by atoms with Gasteiger partial charge in [0.05, 0.1) is 17.6 Å². The summed E-state index contributed by atoms with van der Waals surface area (Å²) < 4.78 is 51.5. The monoisotopic (exact) mass is 327 g/mol. The van der Waals surface area contributed by atoms with Crippen LogP contribution in [0, 0.1) is 5.82 Å². The lowest BCUT2D eigenvalue weighted by Gasteiger charge is -2.11. The highest BCUT2D eigenvalue weighted by molar-refractivity contribution is 5.83. The lowest BCUT2D eigenvalue weighted by atomic mass is 10.1. The van der Waals surface area contributed by atoms with Crippen molar-refractivity contribution in [1.82, 2.24) is 4.98 Å². The lowest BCUT2D eigenvalue weighted by molar-refractivity contribution is -0.139. The van der Waals surface area contributed by atoms with E-state index in [2.05, 4.69) is 9.98 Å². The van der Waals surface area contributed by atoms with Gasteiger partial charge in [0, 0.05) is 6.07 Å². The summed E-state index contributed by atoms with van der Waals surface area (Å²) in [6.07, 6.45) is -3.83. The van der Waals surface area contributed by atoms with E-state index in [1.165, 1.54) is 0 Å². The van der Waals surface area contributed by atoms with Gasteiger partial charge in [-0.05, 0) is 23.8 Å². The Kier molecular flexibility index (Phi) is 4.30. The number of halogens is 4. The van der Waals surface area contributed by atoms with Crippen LogP contribution in [0.15, 0.2) is 34.1 Å². The van der Waals surface area contributed by atoms with E-state index in [0.29, 0.717) is 12.1 Å². The van der Waals surface area contributed by atoms with Crippen LogP contribution < -0.4 is 11.2 Å². The SMILES string of the molecule is N/C=N\c1[nH]c(-c2ccc(F)c(C(F)(F)F)c2)cc(=O)c1C=O. The number of nitrogens with zero attached hydrogens (tertiary/aromatic N) is 1. The molecule has 0 fully saturated rings. The number of aliphatic imine (C=N–C) groups is 1. The van der Waals surface area contributed by atoms with Gasteiger partial charge in [0.2, 0.25) is 0 Å². The number of nitrogens with one attached hydrogen (secondary N) is 1. The van der Waals surface area contributed by atoms with Crippen molar-refractivity contribution in [3.8, 4) is 11.3 Å². The van der Waals surface area contributed by atoms with Crippen LogP contribution in [-0.2, 0) is 6.18 Å². The molecule has 3 N–H and O–H groups in total. The molecule has 0 radical (unpaired) electrons. The number of aromatic nitrogens is 1. The molecule has 1 aromatic carbocycles. The number of H-pyrrole nitrogens is 1. The summed E-state index contributed by atoms with van der Waals surface area (Å²) in [6, 6.07) is 3.17. The molecular formula is C14H9F4N3O2. The van der Waals surface area contributed by atoms with Crippen LogP contribution in [0.5, 0.6) is 0 Å². The van der Waals surface area contributed by atoms with E-state index in [1.54, 1.807) is 0 Å². The van der Waals surface area contributed by atoms with E-state index in [4.69, 9.17) is 5.73 Å². The van der Waals surface area contributed by atoms with Crippen LogP contribution >= 0.6 is 0 Å². The van der Waals surface area contributed by atoms with Gasteiger partial charge in [-0.25, -0.2) is 9.38 Å². The highest BCUT2D eigenvalue weighted by Crippen LogP contribution is 2.34. The fraction of sp³-hybridized carbons (Fsp3) is 0.0714. The van der Waals surface area contributed by atoms with Crippen molar-refractivity contribution in [3.05, 3.63) is 51.4 Å². The third-order valence-corrected chi connectivity index (χ3v) is 2.95. The van der Waals surface area contributed by atoms with Crippen LogP contribution in [0.2, 0.25) is 0 Å². The predicted octanol–water partition coefficient (Wildman–Crippen LogP) is 2.63. The average molecular weight is 327 g/mol. The van der Waals surface area contributed by atoms with E-state index >= 15 is 0 Å². The van der Waals surface area contributed by atoms with Gasteiger partial charge in [-0.3, -0.25) is 9.59 Å². The molecule has 0 saturated heterocycles. The molecule has 0 amide bonds. The summed E-state index contributed by atoms with van der Waals surface area (Å²) in [5.74, 6) is -1.64. The van der Waals surface area contributed by atoms with Gasteiger partial charge < -0.3 is 10.7 Å². The zero-order valence-corrected chi connectivity index (χ0v) is 11.3. The molecule has 1 aromatic heterocycles. The first-order chi connectivity index (χ1) is 10.8. The van der Waals surface area contributed by atoms with E-state index in [-0.39, 0.29) is 28.9 Å². The number of alkyl halides is 3. The first kappa shape index (κ1) is 16.4. The van der Waals surface area contributed by atoms with Crippen molar-refractivity contribution in [1.29, 1.82) is 0 Å². The molecule has 120 valence electrons. The molecule has 0 bridgehead atoms. The van der Waals surface area contributed by atoms with Gasteiger partial charge in [-0.2, -0.15) is 13.2 Å². The second-order valence-electron chi connectivity index (χ2n) is 4.40. The average Bonchev–Trinajstić information content (AvgIpc) is 2.46. The van der Waals surface area contributed by atoms with Crippen molar-refractivity contribution in [2.75, 3.05) is 0 Å². The second kappa shape index (κ2) is 6.03. The van der Waals surface area contributed by atoms with Crippen molar-refractivity contribution >= 4 is 18.4 Å². The Morgan fingerprint density at radius 2 is 1.91 bits per heavy atom. The first-order valence-corrected chi connectivity index (χ1v) is 6.11. The molecule has 5 nitrogen and oxygen atoms in total. The molecule has 2 rings (SSSR count). The summed E-state index contributed by atoms with van der Waals surface area (Å²) in [5, 5.41) is 0. The van der Waals surface area contributed by atoms with Crippen molar-refractivity contribution in [3.63, 3.8) is 0 Å². The molecule has 0 saturated carbocycles. The number of rotatable bonds is 3. The highest BCUT2D eigenvalue weighted by Gasteiger charge is 2.34. The van der Waals surface area contributed by atoms with Crippen LogP contribution in [-0.4, -0.2) is 17.6 Å². The van der Waals surface area contributed by atoms with Crippen LogP contribution in [0.1, 0.15) is 15.9 Å². The van der Waals surface area contributed by atoms with Crippen molar-refractivity contribution in [2.24, 2.45) is 10.7 Å². The van der Waals surface area contributed by atoms with Gasteiger partial charge in [0.15, 0.2) is 11.7 Å². The van der Waals surface area contributed by atoms with Gasteiger partial charge in [-0.15, -0.1) is 0 Å². The molecule has 0 unspecified atom stereocenters. The molecule has 23 heavy (non-hydrogen) atoms. The summed E-state index contributed by atoms with van der Waals surface area (Å²) >= 11 is 0. The number of aromatic amines is 1. The Bertz CT molecular complexity index is 841. The third-order valence-electron chi connectivity index (χ3n) is 2.95. The number of nitrogens with two attached hydrogens (primary N) is 1. The second-order valence-corrected chi connectivity index (χ2v) is 4.40. The van der Waals surface area contributed by atoms with E-state index < -0.39 is 23.0 Å². The minimum absolute atomic E-state index is 0.0632. The maximum Gasteiger partial charge on any atom is 0.419 e. The number of hydrogen-bond donors (Lipinski definition) is 2. The quantitative estimate of drug-likeness (QED) is 0.393. The predicted molar refractivity (Wildman–Crippen MR) is 75.2 cm³/mol. The molecule has 0 spiro atoms. The van der Waals surface area contributed by atoms with E-state index in [0.717, 1.165) is 18.5 Å². The zero-order valence-electron chi connectivity index (χ0n) is 11.3. The Morgan fingerprint density at radius 3 is 2.48 bits per heavy atom. The molecule has 0 aliphatic heterocycles. The van der Waals surface area contributed by atoms with Gasteiger partial charge in [0.25, 0.3) is 0 Å². The summed E-state index contributed by atoms with van der Waals surface area (Å²) in [5.41, 5.74) is 2.38. The molecule has 0 aliphatic carbocycles. The van der Waals surface area contributed by atoms with E-state index in [9.17, 15) is 27.2 Å². The lowest BCUT2D eigenvalue weighted by Crippen LogP contribution is -2.11. The Morgan fingerprint density at radius 1 is 1.22 bits per heavy atom. The number of hydrogen-bond acceptors (Lipinski definition) is 3. The number of aldehydes is 1. The minimum atomic E-state index is -4.89. The fourth-order valence-corrected chi connectivity index (χ4v) is 1.91. The molecular weight excluding hydrogens is 318 g/mol. The highest BCUT2D eigenvalue weighted by atomic mass is 19.4. The summed E-state index contributed by atoms with van der Waals surface area (Å²) in [4.78, 5) is 28.8. The molecule has 9 heteroatoms. The molecule has 0 aliphatic rings. The minimum Gasteiger partial charge on any atom is -0.390 e. The Hall–Kier alpha value is -2.97. The van der Waals surface area contributed by atoms with Crippen molar-refractivity contribution < 1.29 is 22.4 Å². The Balaban J connectivity index is 2.68. The largest absolute Gasteiger partial charge is 0.419 e. The molecule has 0 atom stereocenters. The number of carbonyl (C=O) groups is 1. The van der Waals surface area contributed by atoms with Gasteiger partial charge in [0.1, 0.15) is 17.2 Å². The van der Waals surface area contributed by atoms with Crippen LogP contribution in [0.3, 0.4) is 0 Å². The number of benzene rings is 1. The first-order valence-electron chi connectivity index (χ1n) is 6.11. The normalized spacial score (nSPS) is 11.8. The van der Waals surface area contributed by atoms with Crippen LogP contribution in [0.25, 0.3) is 11.3 Å². The smallest absolute Gasteiger partial charge is 0.390 e. The van der Waals surface area contributed by atoms with E-state index in [1.807, 2.05) is 0 Å². The fourth-order valence-electron chi connectivity index (χ4n) is 1.91. The standard InChI is InChI=1S/C14H9F4N3O2/c15-10-2-1-7(3-9(10)14(16,17)18)11-4-12(23)8(5-22)13(21-11)20-6-19/h1-6H,(H3,19,20,21,23). The van der Waals surface area contributed by atoms with Gasteiger partial charge in [-0.1, -0.05) is 0 Å². The number of pyridine rings is 1. The van der Waals surface area contributed by atoms with Crippen molar-refractivity contribution in [2.45, 2.75) is 6.18 Å². The zero-order chi connectivity index (χ0) is 17.2. The Labute approximate surface area is 126 Å². The molecule has 2 aromatic rings. The summed E-state index contributed by atoms with van der Waals surface area (Å²) in [6.45, 7) is 0. The van der Waals surface area contributed by atoms with Gasteiger partial charge >= 0.3 is 6.18 Å². The number of carbonyl (C=O) groups excluding carboxylic acids is 1. The summed E-state index contributed by atoms with van der Waals surface area (Å²) in [7, 11) is 0.